The Morgan fingerprint density at radius 3 is 2.45 bits per heavy atom. The fraction of sp³-hybridized carbons (Fsp3) is 0.0909. The zero-order chi connectivity index (χ0) is 14.9. The predicted molar refractivity (Wildman–Crippen MR) is 69.3 cm³/mol. The molecule has 0 saturated heterocycles. The summed E-state index contributed by atoms with van der Waals surface area (Å²) in [6, 6.07) is 3.34. The van der Waals surface area contributed by atoms with Gasteiger partial charge in [0.2, 0.25) is 0 Å². The van der Waals surface area contributed by atoms with Gasteiger partial charge in [0, 0.05) is 15.8 Å². The number of thiophene rings is 2. The molecule has 2 heterocycles. The molecule has 0 atom stereocenters. The maximum absolute atomic E-state index is 12.2. The summed E-state index contributed by atoms with van der Waals surface area (Å²) in [5.41, 5.74) is -0.0509. The van der Waals surface area contributed by atoms with Crippen molar-refractivity contribution in [3.8, 4) is 10.4 Å². The van der Waals surface area contributed by atoms with Crippen LogP contribution < -0.4 is 5.32 Å². The van der Waals surface area contributed by atoms with Crippen LogP contribution in [0.25, 0.3) is 10.4 Å². The van der Waals surface area contributed by atoms with E-state index in [1.54, 1.807) is 22.8 Å². The number of carboxylic acids is 1. The molecule has 0 fully saturated rings. The fourth-order valence-corrected chi connectivity index (χ4v) is 3.22. The van der Waals surface area contributed by atoms with Crippen LogP contribution in [0, 0.1) is 0 Å². The Morgan fingerprint density at radius 2 is 1.95 bits per heavy atom. The highest BCUT2D eigenvalue weighted by Gasteiger charge is 2.39. The van der Waals surface area contributed by atoms with Crippen LogP contribution in [-0.2, 0) is 4.79 Å². The third-order valence-corrected chi connectivity index (χ3v) is 4.07. The lowest BCUT2D eigenvalue weighted by atomic mass is 10.1. The number of carbonyl (C=O) groups is 2. The number of hydrogen-bond donors (Lipinski definition) is 2. The average molecular weight is 321 g/mol. The summed E-state index contributed by atoms with van der Waals surface area (Å²) in [7, 11) is 0. The van der Waals surface area contributed by atoms with Crippen LogP contribution >= 0.6 is 22.7 Å². The molecule has 0 aliphatic rings. The minimum atomic E-state index is -5.07. The van der Waals surface area contributed by atoms with E-state index in [1.165, 1.54) is 16.7 Å². The summed E-state index contributed by atoms with van der Waals surface area (Å²) in [6.07, 6.45) is -5.07. The highest BCUT2D eigenvalue weighted by atomic mass is 32.1. The van der Waals surface area contributed by atoms with E-state index in [0.717, 1.165) is 11.3 Å². The molecular weight excluding hydrogens is 315 g/mol. The zero-order valence-electron chi connectivity index (χ0n) is 9.52. The number of rotatable bonds is 3. The fourth-order valence-electron chi connectivity index (χ4n) is 1.45. The van der Waals surface area contributed by atoms with Gasteiger partial charge in [-0.2, -0.15) is 13.2 Å². The van der Waals surface area contributed by atoms with Gasteiger partial charge in [-0.3, -0.25) is 4.79 Å². The Morgan fingerprint density at radius 1 is 1.25 bits per heavy atom. The van der Waals surface area contributed by atoms with Crippen molar-refractivity contribution in [2.24, 2.45) is 0 Å². The van der Waals surface area contributed by atoms with Gasteiger partial charge in [-0.25, -0.2) is 4.79 Å². The second kappa shape index (κ2) is 5.25. The lowest BCUT2D eigenvalue weighted by Crippen LogP contribution is -2.30. The third-order valence-electron chi connectivity index (χ3n) is 2.28. The molecule has 0 saturated carbocycles. The molecule has 2 rings (SSSR count). The van der Waals surface area contributed by atoms with Crippen molar-refractivity contribution in [3.63, 3.8) is 0 Å². The minimum Gasteiger partial charge on any atom is -0.478 e. The van der Waals surface area contributed by atoms with Gasteiger partial charge >= 0.3 is 18.1 Å². The number of amides is 1. The van der Waals surface area contributed by atoms with Crippen LogP contribution in [0.4, 0.5) is 18.2 Å². The number of anilines is 1. The van der Waals surface area contributed by atoms with E-state index in [-0.39, 0.29) is 16.1 Å². The molecule has 0 unspecified atom stereocenters. The van der Waals surface area contributed by atoms with Crippen molar-refractivity contribution in [3.05, 3.63) is 28.5 Å². The van der Waals surface area contributed by atoms with Crippen LogP contribution in [0.5, 0.6) is 0 Å². The average Bonchev–Trinajstić information content (AvgIpc) is 2.94. The Hall–Kier alpha value is -1.87. The Balaban J connectivity index is 2.41. The number of aromatic carboxylic acids is 1. The second-order valence-corrected chi connectivity index (χ2v) is 5.42. The number of hydrogen-bond acceptors (Lipinski definition) is 4. The maximum atomic E-state index is 12.2. The van der Waals surface area contributed by atoms with Gasteiger partial charge in [0.05, 0.1) is 0 Å². The molecule has 2 aromatic rings. The lowest BCUT2D eigenvalue weighted by molar-refractivity contribution is -0.167. The first-order valence-corrected chi connectivity index (χ1v) is 6.83. The molecule has 20 heavy (non-hydrogen) atoms. The molecule has 106 valence electrons. The van der Waals surface area contributed by atoms with Crippen molar-refractivity contribution in [1.29, 1.82) is 0 Å². The number of halogens is 3. The van der Waals surface area contributed by atoms with Gasteiger partial charge < -0.3 is 10.4 Å². The van der Waals surface area contributed by atoms with Crippen LogP contribution in [0.15, 0.2) is 22.9 Å². The van der Waals surface area contributed by atoms with E-state index in [1.807, 2.05) is 0 Å². The smallest absolute Gasteiger partial charge is 0.471 e. The molecule has 2 N–H and O–H groups in total. The summed E-state index contributed by atoms with van der Waals surface area (Å²) in [6.45, 7) is 0. The number of carboxylic acid groups (broad SMARTS) is 1. The van der Waals surface area contributed by atoms with Gasteiger partial charge in [-0.15, -0.1) is 22.7 Å². The van der Waals surface area contributed by atoms with Crippen molar-refractivity contribution in [1.82, 2.24) is 0 Å². The summed E-state index contributed by atoms with van der Waals surface area (Å²) >= 11 is 1.99. The quantitative estimate of drug-likeness (QED) is 0.906. The van der Waals surface area contributed by atoms with Crippen molar-refractivity contribution >= 4 is 39.6 Å². The van der Waals surface area contributed by atoms with Crippen LogP contribution in [-0.4, -0.2) is 23.2 Å². The Bertz CT molecular complexity index is 646. The molecule has 0 radical (unpaired) electrons. The van der Waals surface area contributed by atoms with E-state index in [4.69, 9.17) is 5.11 Å². The Labute approximate surface area is 118 Å². The SMILES string of the molecule is O=C(O)c1c(-c2cccs2)csc1NC(=O)C(F)(F)F. The van der Waals surface area contributed by atoms with Gasteiger partial charge in [0.15, 0.2) is 0 Å². The van der Waals surface area contributed by atoms with E-state index >= 15 is 0 Å². The molecule has 9 heteroatoms. The minimum absolute atomic E-state index is 0.287. The van der Waals surface area contributed by atoms with Gasteiger partial charge in [-0.1, -0.05) is 6.07 Å². The second-order valence-electron chi connectivity index (χ2n) is 3.59. The highest BCUT2D eigenvalue weighted by Crippen LogP contribution is 2.38. The first-order valence-electron chi connectivity index (χ1n) is 5.07. The molecule has 0 aliphatic heterocycles. The normalized spacial score (nSPS) is 11.3. The molecule has 0 aromatic carbocycles. The van der Waals surface area contributed by atoms with Crippen LogP contribution in [0.2, 0.25) is 0 Å². The molecule has 4 nitrogen and oxygen atoms in total. The monoisotopic (exact) mass is 321 g/mol. The summed E-state index contributed by atoms with van der Waals surface area (Å²) in [4.78, 5) is 22.7. The number of nitrogens with one attached hydrogen (secondary N) is 1. The highest BCUT2D eigenvalue weighted by molar-refractivity contribution is 7.17. The van der Waals surface area contributed by atoms with Crippen LogP contribution in [0.1, 0.15) is 10.4 Å². The van der Waals surface area contributed by atoms with Gasteiger partial charge in [0.25, 0.3) is 0 Å². The van der Waals surface area contributed by atoms with Gasteiger partial charge in [0.1, 0.15) is 10.6 Å². The zero-order valence-corrected chi connectivity index (χ0v) is 11.2. The largest absolute Gasteiger partial charge is 0.478 e. The first kappa shape index (κ1) is 14.5. The lowest BCUT2D eigenvalue weighted by Gasteiger charge is -2.07. The van der Waals surface area contributed by atoms with E-state index in [2.05, 4.69) is 0 Å². The van der Waals surface area contributed by atoms with E-state index < -0.39 is 18.1 Å². The summed E-state index contributed by atoms with van der Waals surface area (Å²) in [5.74, 6) is -3.59. The molecule has 0 bridgehead atoms. The molecule has 1 amide bonds. The topological polar surface area (TPSA) is 66.4 Å². The van der Waals surface area contributed by atoms with Crippen molar-refractivity contribution in [2.75, 3.05) is 5.32 Å². The third kappa shape index (κ3) is 2.83. The standard InChI is InChI=1S/C11H6F3NO3S2/c12-11(13,14)10(18)15-8-7(9(16)17)5(4-20-8)6-2-1-3-19-6/h1-4H,(H,15,18)(H,16,17). The molecule has 0 aliphatic carbocycles. The van der Waals surface area contributed by atoms with Crippen molar-refractivity contribution < 1.29 is 27.9 Å². The molecular formula is C11H6F3NO3S2. The number of carbonyl (C=O) groups excluding carboxylic acids is 1. The van der Waals surface area contributed by atoms with Crippen molar-refractivity contribution in [2.45, 2.75) is 6.18 Å². The van der Waals surface area contributed by atoms with E-state index in [0.29, 0.717) is 4.88 Å². The van der Waals surface area contributed by atoms with Crippen LogP contribution in [0.3, 0.4) is 0 Å². The predicted octanol–water partition coefficient (Wildman–Crippen LogP) is 3.68. The molecule has 2 aromatic heterocycles. The maximum Gasteiger partial charge on any atom is 0.471 e. The first-order chi connectivity index (χ1) is 9.30. The van der Waals surface area contributed by atoms with Gasteiger partial charge in [-0.05, 0) is 11.4 Å². The molecule has 0 spiro atoms. The summed E-state index contributed by atoms with van der Waals surface area (Å²) < 4.78 is 36.6. The summed E-state index contributed by atoms with van der Waals surface area (Å²) in [5, 5.41) is 13.5. The van der Waals surface area contributed by atoms with E-state index in [9.17, 15) is 22.8 Å². The Kier molecular flexibility index (Phi) is 3.82. The number of alkyl halides is 3.